The van der Waals surface area contributed by atoms with Crippen molar-refractivity contribution in [2.45, 2.75) is 11.4 Å². The van der Waals surface area contributed by atoms with Crippen molar-refractivity contribution in [2.24, 2.45) is 0 Å². The van der Waals surface area contributed by atoms with Gasteiger partial charge in [0.15, 0.2) is 0 Å². The Morgan fingerprint density at radius 3 is 2.81 bits per heavy atom. The fraction of sp³-hybridized carbons (Fsp3) is 0.125. The molecule has 0 radical (unpaired) electrons. The van der Waals surface area contributed by atoms with E-state index < -0.39 is 10.0 Å². The number of methoxy groups -OCH3 is 1. The van der Waals surface area contributed by atoms with Gasteiger partial charge >= 0.3 is 0 Å². The first-order chi connectivity index (χ1) is 12.4. The van der Waals surface area contributed by atoms with E-state index in [4.69, 9.17) is 20.9 Å². The van der Waals surface area contributed by atoms with Gasteiger partial charge in [-0.3, -0.25) is 0 Å². The highest BCUT2D eigenvalue weighted by Gasteiger charge is 2.21. The Balaban J connectivity index is 1.78. The summed E-state index contributed by atoms with van der Waals surface area (Å²) in [5, 5.41) is 4.38. The van der Waals surface area contributed by atoms with Crippen molar-refractivity contribution in [1.82, 2.24) is 14.9 Å². The molecule has 1 heterocycles. The molecule has 0 unspecified atom stereocenters. The number of sulfonamides is 1. The summed E-state index contributed by atoms with van der Waals surface area (Å²) in [6.07, 6.45) is 0. The summed E-state index contributed by atoms with van der Waals surface area (Å²) >= 11 is 9.19. The molecule has 0 bridgehead atoms. The van der Waals surface area contributed by atoms with Crippen molar-refractivity contribution in [3.05, 3.63) is 57.9 Å². The maximum Gasteiger partial charge on any atom is 0.244 e. The average molecular weight is 459 g/mol. The molecule has 1 aromatic heterocycles. The smallest absolute Gasteiger partial charge is 0.244 e. The summed E-state index contributed by atoms with van der Waals surface area (Å²) in [4.78, 5) is 4.18. The summed E-state index contributed by atoms with van der Waals surface area (Å²) in [7, 11) is -2.44. The Hall–Kier alpha value is -1.94. The van der Waals surface area contributed by atoms with Gasteiger partial charge in [0.25, 0.3) is 0 Å². The van der Waals surface area contributed by atoms with Gasteiger partial charge in [0, 0.05) is 15.1 Å². The molecule has 0 fully saturated rings. The topological polar surface area (TPSA) is 94.3 Å². The maximum absolute atomic E-state index is 12.5. The van der Waals surface area contributed by atoms with Gasteiger partial charge in [0.1, 0.15) is 10.6 Å². The lowest BCUT2D eigenvalue weighted by Crippen LogP contribution is -2.24. The third-order valence-electron chi connectivity index (χ3n) is 3.38. The Kier molecular flexibility index (Phi) is 5.61. The zero-order valence-electron chi connectivity index (χ0n) is 13.4. The molecule has 0 aliphatic rings. The number of hydrogen-bond acceptors (Lipinski definition) is 6. The predicted molar refractivity (Wildman–Crippen MR) is 99.5 cm³/mol. The summed E-state index contributed by atoms with van der Waals surface area (Å²) in [5.74, 6) is 0.671. The van der Waals surface area contributed by atoms with Gasteiger partial charge < -0.3 is 9.26 Å². The molecule has 3 aromatic rings. The van der Waals surface area contributed by atoms with Gasteiger partial charge in [0.05, 0.1) is 13.7 Å². The zero-order chi connectivity index (χ0) is 18.7. The highest BCUT2D eigenvalue weighted by atomic mass is 79.9. The second kappa shape index (κ2) is 7.75. The Bertz CT molecular complexity index is 1040. The molecule has 3 rings (SSSR count). The van der Waals surface area contributed by atoms with E-state index in [1.54, 1.807) is 36.4 Å². The van der Waals surface area contributed by atoms with E-state index in [0.29, 0.717) is 20.9 Å². The van der Waals surface area contributed by atoms with Crippen molar-refractivity contribution < 1.29 is 17.7 Å². The Labute approximate surface area is 163 Å². The second-order valence-corrected chi connectivity index (χ2v) is 8.23. The van der Waals surface area contributed by atoms with Gasteiger partial charge in [-0.05, 0) is 30.3 Å². The molecule has 0 atom stereocenters. The van der Waals surface area contributed by atoms with Gasteiger partial charge in [0.2, 0.25) is 21.7 Å². The molecule has 1 N–H and O–H groups in total. The summed E-state index contributed by atoms with van der Waals surface area (Å²) in [6, 6.07) is 11.6. The number of benzene rings is 2. The third-order valence-corrected chi connectivity index (χ3v) is 5.53. The monoisotopic (exact) mass is 457 g/mol. The second-order valence-electron chi connectivity index (χ2n) is 5.14. The first-order valence-electron chi connectivity index (χ1n) is 7.31. The minimum atomic E-state index is -3.84. The molecular formula is C16H13BrClN3O4S. The van der Waals surface area contributed by atoms with Crippen LogP contribution < -0.4 is 9.46 Å². The van der Waals surface area contributed by atoms with Gasteiger partial charge in [-0.15, -0.1) is 0 Å². The van der Waals surface area contributed by atoms with Crippen LogP contribution in [0.2, 0.25) is 5.02 Å². The van der Waals surface area contributed by atoms with Crippen molar-refractivity contribution in [3.8, 4) is 17.1 Å². The summed E-state index contributed by atoms with van der Waals surface area (Å²) in [5.41, 5.74) is 0.670. The Morgan fingerprint density at radius 2 is 2.08 bits per heavy atom. The lowest BCUT2D eigenvalue weighted by Gasteiger charge is -2.10. The van der Waals surface area contributed by atoms with E-state index in [2.05, 4.69) is 30.8 Å². The zero-order valence-corrected chi connectivity index (χ0v) is 16.6. The van der Waals surface area contributed by atoms with Crippen LogP contribution in [0.25, 0.3) is 11.4 Å². The number of ether oxygens (including phenoxy) is 1. The van der Waals surface area contributed by atoms with Gasteiger partial charge in [-0.2, -0.15) is 4.98 Å². The van der Waals surface area contributed by atoms with E-state index in [9.17, 15) is 8.42 Å². The number of aromatic nitrogens is 2. The number of nitrogens with zero attached hydrogens (tertiary/aromatic N) is 2. The highest BCUT2D eigenvalue weighted by molar-refractivity contribution is 9.10. The first kappa shape index (κ1) is 18.8. The van der Waals surface area contributed by atoms with Crippen LogP contribution in [0.4, 0.5) is 0 Å². The highest BCUT2D eigenvalue weighted by Crippen LogP contribution is 2.27. The average Bonchev–Trinajstić information content (AvgIpc) is 3.09. The van der Waals surface area contributed by atoms with E-state index in [-0.39, 0.29) is 23.1 Å². The van der Waals surface area contributed by atoms with Crippen LogP contribution in [-0.4, -0.2) is 25.7 Å². The summed E-state index contributed by atoms with van der Waals surface area (Å²) < 4.78 is 38.3. The molecule has 0 saturated carbocycles. The molecule has 0 spiro atoms. The quantitative estimate of drug-likeness (QED) is 0.606. The molecule has 136 valence electrons. The molecule has 10 heteroatoms. The normalized spacial score (nSPS) is 11.5. The van der Waals surface area contributed by atoms with Crippen LogP contribution in [0.1, 0.15) is 5.89 Å². The van der Waals surface area contributed by atoms with Crippen molar-refractivity contribution in [1.29, 1.82) is 0 Å². The molecular weight excluding hydrogens is 446 g/mol. The minimum Gasteiger partial charge on any atom is -0.495 e. The molecule has 26 heavy (non-hydrogen) atoms. The molecule has 0 aliphatic carbocycles. The van der Waals surface area contributed by atoms with Crippen LogP contribution in [0.5, 0.6) is 5.75 Å². The van der Waals surface area contributed by atoms with E-state index in [1.165, 1.54) is 13.2 Å². The first-order valence-corrected chi connectivity index (χ1v) is 9.96. The van der Waals surface area contributed by atoms with Gasteiger partial charge in [-0.25, -0.2) is 13.1 Å². The molecule has 2 aromatic carbocycles. The molecule has 0 amide bonds. The van der Waals surface area contributed by atoms with Gasteiger partial charge in [-0.1, -0.05) is 44.8 Å². The van der Waals surface area contributed by atoms with Crippen LogP contribution >= 0.6 is 27.5 Å². The third kappa shape index (κ3) is 4.24. The lowest BCUT2D eigenvalue weighted by atomic mass is 10.2. The fourth-order valence-electron chi connectivity index (χ4n) is 2.17. The lowest BCUT2D eigenvalue weighted by molar-refractivity contribution is 0.375. The van der Waals surface area contributed by atoms with E-state index >= 15 is 0 Å². The van der Waals surface area contributed by atoms with Crippen LogP contribution in [0.3, 0.4) is 0 Å². The predicted octanol–water partition coefficient (Wildman–Crippen LogP) is 3.64. The van der Waals surface area contributed by atoms with Crippen molar-refractivity contribution in [2.75, 3.05) is 7.11 Å². The summed E-state index contributed by atoms with van der Waals surface area (Å²) in [6.45, 7) is -0.161. The number of rotatable bonds is 6. The van der Waals surface area contributed by atoms with E-state index in [0.717, 1.165) is 0 Å². The Morgan fingerprint density at radius 1 is 1.27 bits per heavy atom. The van der Waals surface area contributed by atoms with Crippen molar-refractivity contribution in [3.63, 3.8) is 0 Å². The SMILES string of the molecule is COc1ccc(Br)cc1S(=O)(=O)NCc1nc(-c2cccc(Cl)c2)no1. The molecule has 0 saturated heterocycles. The number of halogens is 2. The standard InChI is InChI=1S/C16H13BrClN3O4S/c1-24-13-6-5-11(17)8-14(13)26(22,23)19-9-15-20-16(21-25-15)10-3-2-4-12(18)7-10/h2-8,19H,9H2,1H3. The minimum absolute atomic E-state index is 0.00366. The molecule has 7 nitrogen and oxygen atoms in total. The van der Waals surface area contributed by atoms with Crippen LogP contribution in [0, 0.1) is 0 Å². The number of hydrogen-bond donors (Lipinski definition) is 1. The maximum atomic E-state index is 12.5. The fourth-order valence-corrected chi connectivity index (χ4v) is 4.04. The van der Waals surface area contributed by atoms with E-state index in [1.807, 2.05) is 0 Å². The van der Waals surface area contributed by atoms with Crippen LogP contribution in [-0.2, 0) is 16.6 Å². The molecule has 0 aliphatic heterocycles. The van der Waals surface area contributed by atoms with Crippen LogP contribution in [0.15, 0.2) is 56.4 Å². The largest absolute Gasteiger partial charge is 0.495 e. The number of nitrogens with one attached hydrogen (secondary N) is 1. The van der Waals surface area contributed by atoms with Crippen molar-refractivity contribution >= 4 is 37.6 Å².